The topological polar surface area (TPSA) is 89.5 Å². The van der Waals surface area contributed by atoms with Crippen molar-refractivity contribution in [2.24, 2.45) is 11.8 Å². The van der Waals surface area contributed by atoms with Gasteiger partial charge in [0.25, 0.3) is 10.0 Å². The third kappa shape index (κ3) is 4.78. The summed E-state index contributed by atoms with van der Waals surface area (Å²) in [6.45, 7) is 7.70. The Morgan fingerprint density at radius 1 is 1.09 bits per heavy atom. The summed E-state index contributed by atoms with van der Waals surface area (Å²) < 4.78 is 33.5. The Bertz CT molecular complexity index is 1120. The van der Waals surface area contributed by atoms with Crippen molar-refractivity contribution in [2.75, 3.05) is 6.61 Å². The number of fused-ring (bicyclic) bond motifs is 1. The van der Waals surface area contributed by atoms with Crippen molar-refractivity contribution in [2.45, 2.75) is 44.4 Å². The molecule has 0 unspecified atom stereocenters. The van der Waals surface area contributed by atoms with Crippen LogP contribution in [0.2, 0.25) is 0 Å². The minimum absolute atomic E-state index is 0.0258. The Balaban J connectivity index is 2.07. The van der Waals surface area contributed by atoms with Crippen LogP contribution in [0.4, 0.5) is 0 Å². The zero-order valence-electron chi connectivity index (χ0n) is 18.7. The molecular weight excluding hydrogens is 426 g/mol. The van der Waals surface area contributed by atoms with Crippen molar-refractivity contribution < 1.29 is 22.7 Å². The lowest BCUT2D eigenvalue weighted by molar-refractivity contribution is -0.138. The summed E-state index contributed by atoms with van der Waals surface area (Å²) in [7, 11) is -4.02. The number of esters is 1. The van der Waals surface area contributed by atoms with Gasteiger partial charge in [0.1, 0.15) is 12.0 Å². The van der Waals surface area contributed by atoms with Crippen molar-refractivity contribution in [3.8, 4) is 0 Å². The Hall–Kier alpha value is -2.93. The van der Waals surface area contributed by atoms with Crippen molar-refractivity contribution in [3.05, 3.63) is 77.0 Å². The standard InChI is InChI=1S/C25H29NO5S/c1-5-31-25(28)23(26-32(29,30)18-12-10-17(4)11-13-18)14-21-19-8-6-7-9-20(19)24(16(2)3)22(21)15-27/h6-16,21-22,24,26H,5H2,1-4H3/b23-14-/t21-,22-,24+/m1/s1. The first-order valence-electron chi connectivity index (χ1n) is 10.7. The van der Waals surface area contributed by atoms with Gasteiger partial charge in [-0.1, -0.05) is 55.8 Å². The lowest BCUT2D eigenvalue weighted by Crippen LogP contribution is -2.30. The molecule has 0 amide bonds. The van der Waals surface area contributed by atoms with Gasteiger partial charge < -0.3 is 9.53 Å². The molecule has 1 aliphatic rings. The Kier molecular flexibility index (Phi) is 7.19. The molecule has 7 heteroatoms. The van der Waals surface area contributed by atoms with E-state index in [0.717, 1.165) is 23.0 Å². The summed E-state index contributed by atoms with van der Waals surface area (Å²) in [4.78, 5) is 24.9. The maximum absolute atomic E-state index is 13.0. The largest absolute Gasteiger partial charge is 0.461 e. The average Bonchev–Trinajstić information content (AvgIpc) is 3.07. The van der Waals surface area contributed by atoms with E-state index in [1.165, 1.54) is 18.2 Å². The van der Waals surface area contributed by atoms with Crippen LogP contribution in [0.1, 0.15) is 49.3 Å². The molecule has 0 aromatic heterocycles. The number of hydrogen-bond acceptors (Lipinski definition) is 5. The molecule has 2 aromatic rings. The highest BCUT2D eigenvalue weighted by Gasteiger charge is 2.41. The SMILES string of the molecule is CCOC(=O)/C(=C/[C@@H]1c2ccccc2[C@H](C(C)C)[C@@H]1C=O)NS(=O)(=O)c1ccc(C)cc1. The molecule has 2 aromatic carbocycles. The lowest BCUT2D eigenvalue weighted by atomic mass is 9.81. The van der Waals surface area contributed by atoms with E-state index in [0.29, 0.717) is 0 Å². The molecular formula is C25H29NO5S. The molecule has 0 saturated carbocycles. The molecule has 0 saturated heterocycles. The number of carbonyl (C=O) groups is 2. The van der Waals surface area contributed by atoms with Gasteiger partial charge in [-0.3, -0.25) is 4.72 Å². The molecule has 6 nitrogen and oxygen atoms in total. The van der Waals surface area contributed by atoms with Crippen LogP contribution in [0.15, 0.2) is 65.2 Å². The molecule has 3 atom stereocenters. The fourth-order valence-electron chi connectivity index (χ4n) is 4.38. The highest BCUT2D eigenvalue weighted by Crippen LogP contribution is 2.49. The summed E-state index contributed by atoms with van der Waals surface area (Å²) in [5.41, 5.74) is 2.69. The second kappa shape index (κ2) is 9.69. The maximum Gasteiger partial charge on any atom is 0.355 e. The molecule has 0 bridgehead atoms. The fraction of sp³-hybridized carbons (Fsp3) is 0.360. The first kappa shape index (κ1) is 23.7. The zero-order valence-corrected chi connectivity index (χ0v) is 19.6. The number of ether oxygens (including phenoxy) is 1. The van der Waals surface area contributed by atoms with Gasteiger partial charge in [0.15, 0.2) is 0 Å². The van der Waals surface area contributed by atoms with Crippen molar-refractivity contribution in [1.82, 2.24) is 4.72 Å². The van der Waals surface area contributed by atoms with E-state index in [2.05, 4.69) is 18.6 Å². The number of sulfonamides is 1. The summed E-state index contributed by atoms with van der Waals surface area (Å²) >= 11 is 0. The summed E-state index contributed by atoms with van der Waals surface area (Å²) in [5, 5.41) is 0. The van der Waals surface area contributed by atoms with Crippen molar-refractivity contribution in [3.63, 3.8) is 0 Å². The van der Waals surface area contributed by atoms with Gasteiger partial charge in [0, 0.05) is 11.8 Å². The summed E-state index contributed by atoms with van der Waals surface area (Å²) in [6, 6.07) is 14.1. The quantitative estimate of drug-likeness (QED) is 0.368. The van der Waals surface area contributed by atoms with Gasteiger partial charge in [-0.25, -0.2) is 13.2 Å². The Morgan fingerprint density at radius 2 is 1.72 bits per heavy atom. The van der Waals surface area contributed by atoms with Crippen molar-refractivity contribution >= 4 is 22.3 Å². The Morgan fingerprint density at radius 3 is 2.28 bits per heavy atom. The molecule has 170 valence electrons. The predicted octanol–water partition coefficient (Wildman–Crippen LogP) is 4.07. The number of hydrogen-bond donors (Lipinski definition) is 1. The number of aldehydes is 1. The highest BCUT2D eigenvalue weighted by atomic mass is 32.2. The number of rotatable bonds is 8. The van der Waals surface area contributed by atoms with Crippen LogP contribution in [0.25, 0.3) is 0 Å². The number of carbonyl (C=O) groups excluding carboxylic acids is 2. The first-order chi connectivity index (χ1) is 15.2. The smallest absolute Gasteiger partial charge is 0.355 e. The normalized spacial score (nSPS) is 20.7. The summed E-state index contributed by atoms with van der Waals surface area (Å²) in [5.74, 6) is -1.47. The van der Waals surface area contributed by atoms with Gasteiger partial charge in [-0.2, -0.15) is 0 Å². The van der Waals surface area contributed by atoms with Crippen LogP contribution < -0.4 is 4.72 Å². The van der Waals surface area contributed by atoms with Gasteiger partial charge in [0.05, 0.1) is 11.5 Å². The number of benzene rings is 2. The van der Waals surface area contributed by atoms with E-state index < -0.39 is 27.8 Å². The van der Waals surface area contributed by atoms with E-state index in [1.54, 1.807) is 19.1 Å². The van der Waals surface area contributed by atoms with E-state index in [1.807, 2.05) is 31.2 Å². The average molecular weight is 456 g/mol. The summed E-state index contributed by atoms with van der Waals surface area (Å²) in [6.07, 6.45) is 2.44. The number of nitrogens with one attached hydrogen (secondary N) is 1. The lowest BCUT2D eigenvalue weighted by Gasteiger charge is -2.22. The third-order valence-electron chi connectivity index (χ3n) is 5.84. The van der Waals surface area contributed by atoms with E-state index in [-0.39, 0.29) is 29.0 Å². The molecule has 0 aliphatic heterocycles. The van der Waals surface area contributed by atoms with Crippen LogP contribution in [-0.2, 0) is 24.3 Å². The van der Waals surface area contributed by atoms with Crippen molar-refractivity contribution in [1.29, 1.82) is 0 Å². The molecule has 0 fully saturated rings. The molecule has 0 heterocycles. The monoisotopic (exact) mass is 455 g/mol. The van der Waals surface area contributed by atoms with Crippen LogP contribution in [0.5, 0.6) is 0 Å². The van der Waals surface area contributed by atoms with Gasteiger partial charge in [-0.15, -0.1) is 0 Å². The molecule has 1 N–H and O–H groups in total. The van der Waals surface area contributed by atoms with E-state index >= 15 is 0 Å². The maximum atomic E-state index is 13.0. The second-order valence-electron chi connectivity index (χ2n) is 8.36. The van der Waals surface area contributed by atoms with Crippen LogP contribution in [0.3, 0.4) is 0 Å². The number of aryl methyl sites for hydroxylation is 1. The second-order valence-corrected chi connectivity index (χ2v) is 10.0. The van der Waals surface area contributed by atoms with Crippen LogP contribution in [0, 0.1) is 18.8 Å². The highest BCUT2D eigenvalue weighted by molar-refractivity contribution is 7.89. The Labute approximate surface area is 189 Å². The first-order valence-corrected chi connectivity index (χ1v) is 12.2. The molecule has 3 rings (SSSR count). The predicted molar refractivity (Wildman–Crippen MR) is 123 cm³/mol. The molecule has 1 aliphatic carbocycles. The molecule has 0 radical (unpaired) electrons. The van der Waals surface area contributed by atoms with Gasteiger partial charge in [0.2, 0.25) is 0 Å². The molecule has 0 spiro atoms. The van der Waals surface area contributed by atoms with E-state index in [4.69, 9.17) is 4.74 Å². The molecule has 32 heavy (non-hydrogen) atoms. The zero-order chi connectivity index (χ0) is 23.5. The van der Waals surface area contributed by atoms with Gasteiger partial charge in [-0.05, 0) is 55.0 Å². The third-order valence-corrected chi connectivity index (χ3v) is 7.22. The minimum Gasteiger partial charge on any atom is -0.461 e. The van der Waals surface area contributed by atoms with Gasteiger partial charge >= 0.3 is 5.97 Å². The number of allylic oxidation sites excluding steroid dienone is 1. The fourth-order valence-corrected chi connectivity index (χ4v) is 5.44. The minimum atomic E-state index is -4.02. The van der Waals surface area contributed by atoms with Crippen LogP contribution >= 0.6 is 0 Å². The van der Waals surface area contributed by atoms with Crippen LogP contribution in [-0.4, -0.2) is 27.3 Å². The van der Waals surface area contributed by atoms with E-state index in [9.17, 15) is 18.0 Å².